The van der Waals surface area contributed by atoms with Crippen LogP contribution in [0.3, 0.4) is 0 Å². The molecule has 0 bridgehead atoms. The van der Waals surface area contributed by atoms with Gasteiger partial charge in [-0.05, 0) is 19.9 Å². The monoisotopic (exact) mass is 337 g/mol. The van der Waals surface area contributed by atoms with Gasteiger partial charge in [-0.2, -0.15) is 0 Å². The highest BCUT2D eigenvalue weighted by Gasteiger charge is 2.46. The fourth-order valence-electron chi connectivity index (χ4n) is 3.57. The van der Waals surface area contributed by atoms with Crippen molar-refractivity contribution in [2.45, 2.75) is 38.6 Å². The van der Waals surface area contributed by atoms with Crippen molar-refractivity contribution in [2.24, 2.45) is 0 Å². The minimum absolute atomic E-state index is 0.0841. The van der Waals surface area contributed by atoms with Gasteiger partial charge in [-0.25, -0.2) is 9.37 Å². The Labute approximate surface area is 145 Å². The summed E-state index contributed by atoms with van der Waals surface area (Å²) < 4.78 is 16.6. The third-order valence-corrected chi connectivity index (χ3v) is 5.65. The smallest absolute Gasteiger partial charge is 0.183 e. The zero-order chi connectivity index (χ0) is 18.0. The van der Waals surface area contributed by atoms with Crippen LogP contribution in [0, 0.1) is 5.82 Å². The molecule has 0 unspecified atom stereocenters. The summed E-state index contributed by atoms with van der Waals surface area (Å²) in [5.41, 5.74) is 2.07. The molecule has 0 spiro atoms. The van der Waals surface area contributed by atoms with E-state index >= 15 is 0 Å². The summed E-state index contributed by atoms with van der Waals surface area (Å²) in [6, 6.07) is 8.16. The van der Waals surface area contributed by atoms with Gasteiger partial charge < -0.3 is 5.32 Å². The second-order valence-electron chi connectivity index (χ2n) is 7.65. The summed E-state index contributed by atoms with van der Waals surface area (Å²) in [6.07, 6.45) is 3.43. The Morgan fingerprint density at radius 1 is 1.16 bits per heavy atom. The van der Waals surface area contributed by atoms with Crippen LogP contribution < -0.4 is 16.1 Å². The molecule has 4 rings (SSSR count). The van der Waals surface area contributed by atoms with Crippen LogP contribution in [0.1, 0.15) is 38.8 Å². The molecule has 0 aliphatic carbocycles. The average Bonchev–Trinajstić information content (AvgIpc) is 2.93. The molecule has 0 atom stereocenters. The quantitative estimate of drug-likeness (QED) is 0.685. The first-order chi connectivity index (χ1) is 11.7. The van der Waals surface area contributed by atoms with Gasteiger partial charge in [0.1, 0.15) is 11.5 Å². The van der Waals surface area contributed by atoms with Gasteiger partial charge in [-0.15, -0.1) is 0 Å². The molecule has 0 radical (unpaired) electrons. The number of pyridine rings is 1. The highest BCUT2D eigenvalue weighted by atomic mass is 19.1. The Hall–Kier alpha value is -2.69. The summed E-state index contributed by atoms with van der Waals surface area (Å²) >= 11 is 0. The predicted molar refractivity (Wildman–Crippen MR) is 95.8 cm³/mol. The second-order valence-corrected chi connectivity index (χ2v) is 7.65. The standard InChI is InChI=1S/C20H20FN3O/c1-19(2)17-13(6-5-7-14(17)21)18(23-20(19,3)4)15-11-22-16-10-12(25)8-9-24(15)16/h5-11,23H,1-4H3. The van der Waals surface area contributed by atoms with Crippen molar-refractivity contribution in [3.05, 3.63) is 75.2 Å². The predicted octanol–water partition coefficient (Wildman–Crippen LogP) is 2.37. The van der Waals surface area contributed by atoms with Crippen molar-refractivity contribution in [3.63, 3.8) is 0 Å². The molecular weight excluding hydrogens is 317 g/mol. The SMILES string of the molecule is CC1(C)NC(=c2cnc3cc(=O)ccn23)c2cccc(F)c2C1(C)C. The van der Waals surface area contributed by atoms with Gasteiger partial charge in [0.25, 0.3) is 0 Å². The number of hydrogen-bond acceptors (Lipinski definition) is 3. The molecule has 0 fully saturated rings. The van der Waals surface area contributed by atoms with Crippen LogP contribution in [-0.4, -0.2) is 14.9 Å². The second kappa shape index (κ2) is 4.91. The maximum absolute atomic E-state index is 14.8. The number of fused-ring (bicyclic) bond motifs is 2. The summed E-state index contributed by atoms with van der Waals surface area (Å²) in [6.45, 7) is 8.25. The third-order valence-electron chi connectivity index (χ3n) is 5.65. The maximum atomic E-state index is 14.8. The van der Waals surface area contributed by atoms with E-state index in [1.807, 2.05) is 10.5 Å². The molecule has 5 heteroatoms. The van der Waals surface area contributed by atoms with Gasteiger partial charge in [0, 0.05) is 40.4 Å². The van der Waals surface area contributed by atoms with E-state index in [0.717, 1.165) is 16.6 Å². The molecule has 3 aromatic rings. The molecule has 1 aromatic carbocycles. The number of rotatable bonds is 0. The molecule has 0 saturated carbocycles. The highest BCUT2D eigenvalue weighted by molar-refractivity contribution is 5.71. The van der Waals surface area contributed by atoms with Crippen LogP contribution in [0.2, 0.25) is 0 Å². The summed E-state index contributed by atoms with van der Waals surface area (Å²) in [4.78, 5) is 15.9. The lowest BCUT2D eigenvalue weighted by molar-refractivity contribution is 0.250. The Morgan fingerprint density at radius 3 is 2.68 bits per heavy atom. The average molecular weight is 337 g/mol. The lowest BCUT2D eigenvalue weighted by atomic mass is 9.65. The highest BCUT2D eigenvalue weighted by Crippen LogP contribution is 2.44. The number of imidazole rings is 1. The van der Waals surface area contributed by atoms with Crippen LogP contribution in [0.25, 0.3) is 11.3 Å². The van der Waals surface area contributed by atoms with Gasteiger partial charge in [0.2, 0.25) is 0 Å². The number of halogens is 1. The number of nitrogens with zero attached hydrogens (tertiary/aromatic N) is 2. The Kier molecular flexibility index (Phi) is 3.11. The van der Waals surface area contributed by atoms with Crippen LogP contribution >= 0.6 is 0 Å². The van der Waals surface area contributed by atoms with E-state index in [4.69, 9.17) is 0 Å². The summed E-state index contributed by atoms with van der Waals surface area (Å²) in [5, 5.41) is 4.40. The molecule has 2 aromatic heterocycles. The Morgan fingerprint density at radius 2 is 1.92 bits per heavy atom. The minimum atomic E-state index is -0.403. The van der Waals surface area contributed by atoms with Gasteiger partial charge >= 0.3 is 0 Å². The summed E-state index contributed by atoms with van der Waals surface area (Å²) in [7, 11) is 0. The van der Waals surface area contributed by atoms with E-state index in [1.54, 1.807) is 18.5 Å². The van der Waals surface area contributed by atoms with Crippen molar-refractivity contribution in [2.75, 3.05) is 0 Å². The Bertz CT molecular complexity index is 1110. The van der Waals surface area contributed by atoms with Gasteiger partial charge in [0.15, 0.2) is 5.43 Å². The largest absolute Gasteiger partial charge is 0.377 e. The lowest BCUT2D eigenvalue weighted by Gasteiger charge is -2.49. The molecule has 1 N–H and O–H groups in total. The maximum Gasteiger partial charge on any atom is 0.183 e. The van der Waals surface area contributed by atoms with Crippen molar-refractivity contribution in [1.29, 1.82) is 0 Å². The minimum Gasteiger partial charge on any atom is -0.377 e. The van der Waals surface area contributed by atoms with Crippen LogP contribution in [0.15, 0.2) is 47.5 Å². The molecule has 1 aliphatic rings. The van der Waals surface area contributed by atoms with Crippen LogP contribution in [0.5, 0.6) is 0 Å². The van der Waals surface area contributed by atoms with Gasteiger partial charge in [0.05, 0.1) is 17.2 Å². The number of benzene rings is 1. The zero-order valence-electron chi connectivity index (χ0n) is 14.7. The van der Waals surface area contributed by atoms with E-state index in [1.165, 1.54) is 18.2 Å². The topological polar surface area (TPSA) is 46.4 Å². The van der Waals surface area contributed by atoms with Crippen LogP contribution in [0.4, 0.5) is 4.39 Å². The van der Waals surface area contributed by atoms with Crippen molar-refractivity contribution in [1.82, 2.24) is 14.7 Å². The zero-order valence-corrected chi connectivity index (χ0v) is 14.7. The molecule has 25 heavy (non-hydrogen) atoms. The van der Waals surface area contributed by atoms with Gasteiger partial charge in [-0.1, -0.05) is 26.0 Å². The lowest BCUT2D eigenvalue weighted by Crippen LogP contribution is -2.58. The fourth-order valence-corrected chi connectivity index (χ4v) is 3.57. The molecule has 128 valence electrons. The number of aromatic nitrogens is 2. The van der Waals surface area contributed by atoms with E-state index in [9.17, 15) is 9.18 Å². The van der Waals surface area contributed by atoms with E-state index in [0.29, 0.717) is 11.2 Å². The molecule has 3 heterocycles. The van der Waals surface area contributed by atoms with E-state index < -0.39 is 5.41 Å². The van der Waals surface area contributed by atoms with Crippen molar-refractivity contribution < 1.29 is 4.39 Å². The Balaban J connectivity index is 2.16. The molecule has 4 nitrogen and oxygen atoms in total. The first kappa shape index (κ1) is 15.8. The first-order valence-electron chi connectivity index (χ1n) is 8.31. The molecular formula is C20H20FN3O. The van der Waals surface area contributed by atoms with Crippen molar-refractivity contribution >= 4 is 11.3 Å². The van der Waals surface area contributed by atoms with E-state index in [2.05, 4.69) is 38.0 Å². The summed E-state index contributed by atoms with van der Waals surface area (Å²) in [5.74, 6) is -0.203. The van der Waals surface area contributed by atoms with Gasteiger partial charge in [-0.3, -0.25) is 9.20 Å². The molecule has 1 aliphatic heterocycles. The van der Waals surface area contributed by atoms with E-state index in [-0.39, 0.29) is 16.8 Å². The normalized spacial score (nSPS) is 20.2. The number of hydrogen-bond donors (Lipinski definition) is 1. The van der Waals surface area contributed by atoms with Crippen molar-refractivity contribution in [3.8, 4) is 0 Å². The van der Waals surface area contributed by atoms with Crippen LogP contribution in [-0.2, 0) is 5.41 Å². The molecule has 0 amide bonds. The first-order valence-corrected chi connectivity index (χ1v) is 8.31. The third kappa shape index (κ3) is 2.11. The number of nitrogens with one attached hydrogen (secondary N) is 1. The molecule has 0 saturated heterocycles. The fraction of sp³-hybridized carbons (Fsp3) is 0.300.